The Morgan fingerprint density at radius 1 is 1.05 bits per heavy atom. The van der Waals surface area contributed by atoms with E-state index in [0.29, 0.717) is 0 Å². The SMILES string of the molecule is COC(=O)[C@H]1C(=O)N(C)[C@H](c2ccccc2)[C@H]1C(=O)OC. The number of benzene rings is 1. The number of esters is 2. The zero-order chi connectivity index (χ0) is 15.6. The second-order valence-electron chi connectivity index (χ2n) is 4.85. The average molecular weight is 291 g/mol. The minimum atomic E-state index is -1.17. The van der Waals surface area contributed by atoms with Gasteiger partial charge in [0.15, 0.2) is 5.92 Å². The Morgan fingerprint density at radius 2 is 1.62 bits per heavy atom. The summed E-state index contributed by atoms with van der Waals surface area (Å²) in [7, 11) is 4.00. The highest BCUT2D eigenvalue weighted by Crippen LogP contribution is 2.41. The lowest BCUT2D eigenvalue weighted by Crippen LogP contribution is -2.33. The highest BCUT2D eigenvalue weighted by molar-refractivity contribution is 6.04. The van der Waals surface area contributed by atoms with Crippen LogP contribution in [0.25, 0.3) is 0 Å². The Hall–Kier alpha value is -2.37. The van der Waals surface area contributed by atoms with Crippen molar-refractivity contribution < 1.29 is 23.9 Å². The first-order valence-electron chi connectivity index (χ1n) is 6.50. The van der Waals surface area contributed by atoms with Gasteiger partial charge in [0.25, 0.3) is 0 Å². The first kappa shape index (κ1) is 15.0. The quantitative estimate of drug-likeness (QED) is 0.608. The molecular formula is C15H17NO5. The molecule has 0 saturated carbocycles. The summed E-state index contributed by atoms with van der Waals surface area (Å²) in [5.41, 5.74) is 0.773. The fraction of sp³-hybridized carbons (Fsp3) is 0.400. The number of hydrogen-bond donors (Lipinski definition) is 0. The van der Waals surface area contributed by atoms with E-state index in [0.717, 1.165) is 5.56 Å². The topological polar surface area (TPSA) is 72.9 Å². The van der Waals surface area contributed by atoms with E-state index in [1.54, 1.807) is 7.05 Å². The molecule has 0 radical (unpaired) electrons. The average Bonchev–Trinajstić information content (AvgIpc) is 2.78. The minimum Gasteiger partial charge on any atom is -0.469 e. The summed E-state index contributed by atoms with van der Waals surface area (Å²) >= 11 is 0. The van der Waals surface area contributed by atoms with Crippen LogP contribution >= 0.6 is 0 Å². The molecule has 1 heterocycles. The molecule has 6 nitrogen and oxygen atoms in total. The predicted octanol–water partition coefficient (Wildman–Crippen LogP) is 0.778. The second kappa shape index (κ2) is 5.95. The molecule has 0 bridgehead atoms. The van der Waals surface area contributed by atoms with Crippen LogP contribution in [0.2, 0.25) is 0 Å². The van der Waals surface area contributed by atoms with Gasteiger partial charge in [-0.15, -0.1) is 0 Å². The molecule has 0 unspecified atom stereocenters. The predicted molar refractivity (Wildman–Crippen MR) is 73.0 cm³/mol. The second-order valence-corrected chi connectivity index (χ2v) is 4.85. The normalized spacial score (nSPS) is 24.8. The van der Waals surface area contributed by atoms with Crippen LogP contribution < -0.4 is 0 Å². The van der Waals surface area contributed by atoms with Gasteiger partial charge in [-0.1, -0.05) is 30.3 Å². The molecule has 1 aliphatic heterocycles. The van der Waals surface area contributed by atoms with Crippen molar-refractivity contribution in [3.63, 3.8) is 0 Å². The van der Waals surface area contributed by atoms with Gasteiger partial charge in [-0.25, -0.2) is 0 Å². The molecule has 0 N–H and O–H groups in total. The van der Waals surface area contributed by atoms with Gasteiger partial charge in [0.1, 0.15) is 5.92 Å². The Bertz CT molecular complexity index is 556. The summed E-state index contributed by atoms with van der Waals surface area (Å²) in [6.45, 7) is 0. The standard InChI is InChI=1S/C15H17NO5/c1-16-12(9-7-5-4-6-8-9)10(14(18)20-2)11(13(16)17)15(19)21-3/h4-8,10-12H,1-3H3/t10-,11+,12+/m0/s1. The number of hydrogen-bond acceptors (Lipinski definition) is 5. The van der Waals surface area contributed by atoms with Crippen molar-refractivity contribution >= 4 is 17.8 Å². The van der Waals surface area contributed by atoms with Gasteiger partial charge < -0.3 is 14.4 Å². The lowest BCUT2D eigenvalue weighted by molar-refractivity contribution is -0.158. The number of methoxy groups -OCH3 is 2. The third-order valence-electron chi connectivity index (χ3n) is 3.80. The molecule has 3 atom stereocenters. The van der Waals surface area contributed by atoms with Gasteiger partial charge in [-0.05, 0) is 5.56 Å². The van der Waals surface area contributed by atoms with Crippen LogP contribution in [-0.4, -0.2) is 44.0 Å². The van der Waals surface area contributed by atoms with E-state index < -0.39 is 35.7 Å². The number of likely N-dealkylation sites (tertiary alicyclic amines) is 1. The van der Waals surface area contributed by atoms with Gasteiger partial charge in [-0.3, -0.25) is 14.4 Å². The first-order chi connectivity index (χ1) is 10.0. The van der Waals surface area contributed by atoms with Gasteiger partial charge in [0, 0.05) is 7.05 Å². The fourth-order valence-electron chi connectivity index (χ4n) is 2.79. The van der Waals surface area contributed by atoms with E-state index in [4.69, 9.17) is 4.74 Å². The van der Waals surface area contributed by atoms with Crippen LogP contribution in [-0.2, 0) is 23.9 Å². The smallest absolute Gasteiger partial charge is 0.319 e. The number of carbonyl (C=O) groups is 3. The monoisotopic (exact) mass is 291 g/mol. The van der Waals surface area contributed by atoms with Gasteiger partial charge >= 0.3 is 11.9 Å². The Balaban J connectivity index is 2.49. The molecule has 0 spiro atoms. The van der Waals surface area contributed by atoms with Gasteiger partial charge in [0.2, 0.25) is 5.91 Å². The zero-order valence-electron chi connectivity index (χ0n) is 12.1. The summed E-state index contributed by atoms with van der Waals surface area (Å²) in [5.74, 6) is -3.84. The highest BCUT2D eigenvalue weighted by atomic mass is 16.5. The summed E-state index contributed by atoms with van der Waals surface area (Å²) < 4.78 is 9.45. The van der Waals surface area contributed by atoms with Crippen LogP contribution in [0.15, 0.2) is 30.3 Å². The van der Waals surface area contributed by atoms with Crippen LogP contribution in [0.4, 0.5) is 0 Å². The molecule has 21 heavy (non-hydrogen) atoms. The van der Waals surface area contributed by atoms with Crippen LogP contribution in [0.5, 0.6) is 0 Å². The Kier molecular flexibility index (Phi) is 4.26. The van der Waals surface area contributed by atoms with Crippen LogP contribution in [0.3, 0.4) is 0 Å². The van der Waals surface area contributed by atoms with Gasteiger partial charge in [0.05, 0.1) is 20.3 Å². The zero-order valence-corrected chi connectivity index (χ0v) is 12.1. The Morgan fingerprint density at radius 3 is 2.14 bits per heavy atom. The molecule has 112 valence electrons. The molecule has 1 amide bonds. The minimum absolute atomic E-state index is 0.439. The molecule has 0 aromatic heterocycles. The maximum atomic E-state index is 12.3. The van der Waals surface area contributed by atoms with E-state index in [1.807, 2.05) is 30.3 Å². The molecule has 1 aromatic rings. The van der Waals surface area contributed by atoms with Crippen molar-refractivity contribution in [1.82, 2.24) is 4.90 Å². The summed E-state index contributed by atoms with van der Waals surface area (Å²) in [6, 6.07) is 8.54. The van der Waals surface area contributed by atoms with Crippen molar-refractivity contribution in [2.75, 3.05) is 21.3 Å². The van der Waals surface area contributed by atoms with Crippen molar-refractivity contribution in [2.45, 2.75) is 6.04 Å². The lowest BCUT2D eigenvalue weighted by atomic mass is 9.86. The van der Waals surface area contributed by atoms with Crippen molar-refractivity contribution in [3.8, 4) is 0 Å². The largest absolute Gasteiger partial charge is 0.469 e. The van der Waals surface area contributed by atoms with Crippen molar-refractivity contribution in [1.29, 1.82) is 0 Å². The summed E-state index contributed by atoms with van der Waals surface area (Å²) in [4.78, 5) is 37.7. The maximum absolute atomic E-state index is 12.3. The van der Waals surface area contributed by atoms with Crippen LogP contribution in [0, 0.1) is 11.8 Å². The molecule has 2 rings (SSSR count). The molecule has 1 fully saturated rings. The molecule has 6 heteroatoms. The van der Waals surface area contributed by atoms with Crippen molar-refractivity contribution in [3.05, 3.63) is 35.9 Å². The van der Waals surface area contributed by atoms with E-state index in [1.165, 1.54) is 19.1 Å². The molecule has 1 saturated heterocycles. The summed E-state index contributed by atoms with van der Waals surface area (Å²) in [6.07, 6.45) is 0. The lowest BCUT2D eigenvalue weighted by Gasteiger charge is -2.24. The van der Waals surface area contributed by atoms with Crippen molar-refractivity contribution in [2.24, 2.45) is 11.8 Å². The van der Waals surface area contributed by atoms with E-state index in [2.05, 4.69) is 4.74 Å². The van der Waals surface area contributed by atoms with Gasteiger partial charge in [-0.2, -0.15) is 0 Å². The molecule has 1 aromatic carbocycles. The third-order valence-corrected chi connectivity index (χ3v) is 3.80. The number of carbonyl (C=O) groups excluding carboxylic acids is 3. The molecule has 0 aliphatic carbocycles. The summed E-state index contributed by atoms with van der Waals surface area (Å²) in [5, 5.41) is 0. The van der Waals surface area contributed by atoms with Crippen LogP contribution in [0.1, 0.15) is 11.6 Å². The molecule has 1 aliphatic rings. The highest BCUT2D eigenvalue weighted by Gasteiger charge is 2.55. The number of nitrogens with zero attached hydrogens (tertiary/aromatic N) is 1. The van der Waals surface area contributed by atoms with E-state index in [-0.39, 0.29) is 0 Å². The third kappa shape index (κ3) is 2.49. The van der Waals surface area contributed by atoms with E-state index in [9.17, 15) is 14.4 Å². The first-order valence-corrected chi connectivity index (χ1v) is 6.50. The molecular weight excluding hydrogens is 274 g/mol. The fourth-order valence-corrected chi connectivity index (χ4v) is 2.79. The van der Waals surface area contributed by atoms with E-state index >= 15 is 0 Å². The Labute approximate surface area is 122 Å². The number of ether oxygens (including phenoxy) is 2. The maximum Gasteiger partial charge on any atom is 0.319 e. The number of rotatable bonds is 3. The number of amides is 1.